The molecule has 20 heavy (non-hydrogen) atoms. The third kappa shape index (κ3) is 2.08. The predicted octanol–water partition coefficient (Wildman–Crippen LogP) is 3.02. The number of aliphatic hydroxyl groups is 1. The summed E-state index contributed by atoms with van der Waals surface area (Å²) in [5, 5.41) is 9.75. The topological polar surface area (TPSA) is 37.3 Å². The van der Waals surface area contributed by atoms with E-state index in [2.05, 4.69) is 18.2 Å². The van der Waals surface area contributed by atoms with E-state index >= 15 is 0 Å². The van der Waals surface area contributed by atoms with Gasteiger partial charge < -0.3 is 5.11 Å². The molecule has 2 heteroatoms. The van der Waals surface area contributed by atoms with Crippen molar-refractivity contribution < 1.29 is 9.90 Å². The molecule has 2 aromatic rings. The normalized spacial score (nSPS) is 20.9. The van der Waals surface area contributed by atoms with Gasteiger partial charge in [0.05, 0.1) is 6.61 Å². The first-order valence-corrected chi connectivity index (χ1v) is 6.76. The highest BCUT2D eigenvalue weighted by Crippen LogP contribution is 2.41. The molecule has 100 valence electrons. The molecular formula is C18H16O2. The lowest BCUT2D eigenvalue weighted by Crippen LogP contribution is -2.24. The van der Waals surface area contributed by atoms with Crippen molar-refractivity contribution in [2.24, 2.45) is 5.92 Å². The Balaban J connectivity index is 2.20. The monoisotopic (exact) mass is 264 g/mol. The smallest absolute Gasteiger partial charge is 0.146 e. The van der Waals surface area contributed by atoms with Gasteiger partial charge in [0.1, 0.15) is 6.29 Å². The summed E-state index contributed by atoms with van der Waals surface area (Å²) in [4.78, 5) is 11.3. The minimum atomic E-state index is -0.176. The standard InChI is InChI=1S/C18H16O2/c19-11-15-10-14-8-4-5-9-16(14)18(17(15)12-20)13-6-2-1-3-7-13/h1-11,17-18,20H,12H2/t17-,18-/m1/s1. The molecule has 0 heterocycles. The Morgan fingerprint density at radius 3 is 2.40 bits per heavy atom. The molecule has 0 fully saturated rings. The fourth-order valence-electron chi connectivity index (χ4n) is 3.03. The van der Waals surface area contributed by atoms with Crippen LogP contribution in [0.4, 0.5) is 0 Å². The van der Waals surface area contributed by atoms with Gasteiger partial charge in [-0.2, -0.15) is 0 Å². The average molecular weight is 264 g/mol. The highest BCUT2D eigenvalue weighted by atomic mass is 16.3. The highest BCUT2D eigenvalue weighted by Gasteiger charge is 2.31. The third-order valence-corrected chi connectivity index (χ3v) is 3.98. The molecule has 1 aliphatic carbocycles. The molecular weight excluding hydrogens is 248 g/mol. The Bertz CT molecular complexity index is 643. The van der Waals surface area contributed by atoms with Gasteiger partial charge in [0, 0.05) is 11.8 Å². The van der Waals surface area contributed by atoms with Crippen molar-refractivity contribution in [3.63, 3.8) is 0 Å². The molecule has 0 bridgehead atoms. The first-order chi connectivity index (χ1) is 9.85. The molecule has 2 aromatic carbocycles. The van der Waals surface area contributed by atoms with Crippen molar-refractivity contribution in [3.05, 3.63) is 76.9 Å². The summed E-state index contributed by atoms with van der Waals surface area (Å²) in [7, 11) is 0. The van der Waals surface area contributed by atoms with Crippen LogP contribution in [0.2, 0.25) is 0 Å². The van der Waals surface area contributed by atoms with Gasteiger partial charge >= 0.3 is 0 Å². The zero-order chi connectivity index (χ0) is 13.9. The first-order valence-electron chi connectivity index (χ1n) is 6.76. The van der Waals surface area contributed by atoms with Crippen molar-refractivity contribution in [1.29, 1.82) is 0 Å². The molecule has 0 aromatic heterocycles. The Morgan fingerprint density at radius 1 is 1.00 bits per heavy atom. The maximum Gasteiger partial charge on any atom is 0.146 e. The molecule has 2 atom stereocenters. The van der Waals surface area contributed by atoms with E-state index in [9.17, 15) is 9.90 Å². The van der Waals surface area contributed by atoms with Crippen LogP contribution in [0.15, 0.2) is 60.2 Å². The van der Waals surface area contributed by atoms with Gasteiger partial charge in [-0.05, 0) is 28.3 Å². The van der Waals surface area contributed by atoms with E-state index in [1.54, 1.807) is 0 Å². The van der Waals surface area contributed by atoms with Crippen LogP contribution in [0.1, 0.15) is 22.6 Å². The van der Waals surface area contributed by atoms with E-state index < -0.39 is 0 Å². The van der Waals surface area contributed by atoms with Gasteiger partial charge in [-0.15, -0.1) is 0 Å². The zero-order valence-electron chi connectivity index (χ0n) is 11.1. The van der Waals surface area contributed by atoms with Gasteiger partial charge in [0.15, 0.2) is 0 Å². The number of hydrogen-bond donors (Lipinski definition) is 1. The van der Waals surface area contributed by atoms with Crippen LogP contribution in [-0.2, 0) is 4.79 Å². The number of hydrogen-bond acceptors (Lipinski definition) is 2. The third-order valence-electron chi connectivity index (χ3n) is 3.98. The molecule has 0 unspecified atom stereocenters. The second kappa shape index (κ2) is 5.43. The van der Waals surface area contributed by atoms with Gasteiger partial charge in [0.2, 0.25) is 0 Å². The van der Waals surface area contributed by atoms with Crippen LogP contribution in [-0.4, -0.2) is 18.0 Å². The predicted molar refractivity (Wildman–Crippen MR) is 79.3 cm³/mol. The van der Waals surface area contributed by atoms with E-state index in [1.165, 1.54) is 5.56 Å². The molecule has 0 saturated heterocycles. The van der Waals surface area contributed by atoms with Crippen molar-refractivity contribution in [2.75, 3.05) is 6.61 Å². The molecule has 0 radical (unpaired) electrons. The molecule has 0 amide bonds. The summed E-state index contributed by atoms with van der Waals surface area (Å²) in [5.41, 5.74) is 4.03. The summed E-state index contributed by atoms with van der Waals surface area (Å²) in [6.45, 7) is -0.0293. The van der Waals surface area contributed by atoms with Crippen molar-refractivity contribution in [1.82, 2.24) is 0 Å². The van der Waals surface area contributed by atoms with Crippen molar-refractivity contribution in [2.45, 2.75) is 5.92 Å². The van der Waals surface area contributed by atoms with Crippen LogP contribution in [0, 0.1) is 5.92 Å². The van der Waals surface area contributed by atoms with E-state index in [1.807, 2.05) is 42.5 Å². The van der Waals surface area contributed by atoms with Crippen molar-refractivity contribution in [3.8, 4) is 0 Å². The number of aldehydes is 1. The van der Waals surface area contributed by atoms with Gasteiger partial charge in [-0.1, -0.05) is 54.6 Å². The Morgan fingerprint density at radius 2 is 1.70 bits per heavy atom. The van der Waals surface area contributed by atoms with Crippen LogP contribution in [0.3, 0.4) is 0 Å². The Labute approximate surface area is 118 Å². The minimum absolute atomic E-state index is 0.0293. The zero-order valence-corrected chi connectivity index (χ0v) is 11.1. The fraction of sp³-hybridized carbons (Fsp3) is 0.167. The molecule has 0 saturated carbocycles. The van der Waals surface area contributed by atoms with E-state index in [0.29, 0.717) is 5.57 Å². The Kier molecular flexibility index (Phi) is 3.48. The second-order valence-corrected chi connectivity index (χ2v) is 5.07. The number of aliphatic hydroxyl groups excluding tert-OH is 1. The number of carbonyl (C=O) groups is 1. The summed E-state index contributed by atoms with van der Waals surface area (Å²) < 4.78 is 0. The summed E-state index contributed by atoms with van der Waals surface area (Å²) >= 11 is 0. The first kappa shape index (κ1) is 12.8. The average Bonchev–Trinajstić information content (AvgIpc) is 2.53. The van der Waals surface area contributed by atoms with Crippen molar-refractivity contribution >= 4 is 12.4 Å². The van der Waals surface area contributed by atoms with Gasteiger partial charge in [-0.25, -0.2) is 0 Å². The van der Waals surface area contributed by atoms with Gasteiger partial charge in [-0.3, -0.25) is 4.79 Å². The lowest BCUT2D eigenvalue weighted by molar-refractivity contribution is -0.105. The van der Waals surface area contributed by atoms with Crippen LogP contribution in [0.5, 0.6) is 0 Å². The minimum Gasteiger partial charge on any atom is -0.396 e. The van der Waals surface area contributed by atoms with E-state index in [4.69, 9.17) is 0 Å². The second-order valence-electron chi connectivity index (χ2n) is 5.07. The summed E-state index contributed by atoms with van der Waals surface area (Å²) in [5.74, 6) is -0.146. The number of benzene rings is 2. The quantitative estimate of drug-likeness (QED) is 0.865. The molecule has 0 spiro atoms. The molecule has 2 nitrogen and oxygen atoms in total. The molecule has 0 aliphatic heterocycles. The number of fused-ring (bicyclic) bond motifs is 1. The van der Waals surface area contributed by atoms with Crippen LogP contribution in [0.25, 0.3) is 6.08 Å². The lowest BCUT2D eigenvalue weighted by Gasteiger charge is -2.31. The maximum atomic E-state index is 11.3. The Hall–Kier alpha value is -2.19. The van der Waals surface area contributed by atoms with Gasteiger partial charge in [0.25, 0.3) is 0 Å². The number of carbonyl (C=O) groups excluding carboxylic acids is 1. The SMILES string of the molecule is O=CC1=Cc2ccccc2[C@@H](c2ccccc2)[C@@H]1CO. The number of rotatable bonds is 3. The highest BCUT2D eigenvalue weighted by molar-refractivity contribution is 5.85. The van der Waals surface area contributed by atoms with Crippen LogP contribution >= 0.6 is 0 Å². The van der Waals surface area contributed by atoms with Crippen LogP contribution < -0.4 is 0 Å². The molecule has 1 aliphatic rings. The summed E-state index contributed by atoms with van der Waals surface area (Å²) in [6, 6.07) is 18.1. The molecule has 3 rings (SSSR count). The fourth-order valence-corrected chi connectivity index (χ4v) is 3.03. The lowest BCUT2D eigenvalue weighted by atomic mass is 9.72. The van der Waals surface area contributed by atoms with E-state index in [-0.39, 0.29) is 18.4 Å². The summed E-state index contributed by atoms with van der Waals surface area (Å²) in [6.07, 6.45) is 2.76. The largest absolute Gasteiger partial charge is 0.396 e. The molecule has 1 N–H and O–H groups in total. The maximum absolute atomic E-state index is 11.3. The van der Waals surface area contributed by atoms with E-state index in [0.717, 1.165) is 17.4 Å².